The summed E-state index contributed by atoms with van der Waals surface area (Å²) in [6.45, 7) is 0. The van der Waals surface area contributed by atoms with Crippen molar-refractivity contribution in [1.82, 2.24) is 0 Å². The van der Waals surface area contributed by atoms with E-state index in [0.717, 1.165) is 0 Å². The average Bonchev–Trinajstić information content (AvgIpc) is 1.85. The predicted octanol–water partition coefficient (Wildman–Crippen LogP) is 0.953. The number of hydrogen-bond donors (Lipinski definition) is 1. The molecule has 0 spiro atoms. The summed E-state index contributed by atoms with van der Waals surface area (Å²) in [4.78, 5) is 0. The lowest BCUT2D eigenvalue weighted by Crippen LogP contribution is -2.50. The molecule has 0 unspecified atom stereocenters. The number of rotatable bonds is 1. The molecule has 0 radical (unpaired) electrons. The molecule has 1 fully saturated rings. The van der Waals surface area contributed by atoms with Gasteiger partial charge in [-0.2, -0.15) is 10.5 Å². The van der Waals surface area contributed by atoms with Gasteiger partial charge in [-0.15, -0.1) is 12.4 Å². The zero-order valence-corrected chi connectivity index (χ0v) is 6.90. The number of nitrogens with zero attached hydrogens (tertiary/aromatic N) is 2. The fraction of sp³-hybridized carbons (Fsp3) is 0.714. The first-order chi connectivity index (χ1) is 4.70. The van der Waals surface area contributed by atoms with Crippen molar-refractivity contribution in [2.75, 3.05) is 0 Å². The first-order valence-electron chi connectivity index (χ1n) is 3.27. The zero-order chi connectivity index (χ0) is 7.61. The van der Waals surface area contributed by atoms with Gasteiger partial charge in [0.25, 0.3) is 0 Å². The third-order valence-corrected chi connectivity index (χ3v) is 1.91. The maximum Gasteiger partial charge on any atom is 0.104 e. The first kappa shape index (κ1) is 10.2. The van der Waals surface area contributed by atoms with Crippen molar-refractivity contribution in [3.8, 4) is 12.1 Å². The van der Waals surface area contributed by atoms with Gasteiger partial charge in [-0.05, 0) is 18.8 Å². The molecule has 1 aliphatic rings. The molecule has 0 heterocycles. The Bertz CT molecular complexity index is 207. The van der Waals surface area contributed by atoms with Crippen LogP contribution in [0.15, 0.2) is 0 Å². The van der Waals surface area contributed by atoms with E-state index in [9.17, 15) is 0 Å². The van der Waals surface area contributed by atoms with Crippen LogP contribution in [0, 0.1) is 28.6 Å². The highest BCUT2D eigenvalue weighted by molar-refractivity contribution is 5.85. The number of hydrogen-bond acceptors (Lipinski definition) is 3. The second-order valence-electron chi connectivity index (χ2n) is 2.90. The van der Waals surface area contributed by atoms with Gasteiger partial charge in [-0.25, -0.2) is 0 Å². The van der Waals surface area contributed by atoms with Crippen molar-refractivity contribution in [3.63, 3.8) is 0 Å². The van der Waals surface area contributed by atoms with Gasteiger partial charge in [0.2, 0.25) is 0 Å². The summed E-state index contributed by atoms with van der Waals surface area (Å²) in [5, 5.41) is 16.7. The Morgan fingerprint density at radius 1 is 1.45 bits per heavy atom. The number of nitrogens with two attached hydrogens (primary N) is 1. The van der Waals surface area contributed by atoms with E-state index in [-0.39, 0.29) is 12.4 Å². The minimum Gasteiger partial charge on any atom is -0.313 e. The van der Waals surface area contributed by atoms with Gasteiger partial charge in [0.05, 0.1) is 12.1 Å². The Morgan fingerprint density at radius 3 is 2.36 bits per heavy atom. The third kappa shape index (κ3) is 2.08. The standard InChI is InChI=1S/C7H9N3.ClH/c8-2-1-6-3-7(10,4-6)5-9;/h6H,1,3-4,10H2;1H. The van der Waals surface area contributed by atoms with E-state index in [0.29, 0.717) is 25.2 Å². The molecule has 0 amide bonds. The fourth-order valence-electron chi connectivity index (χ4n) is 1.34. The molecule has 1 rings (SSSR count). The van der Waals surface area contributed by atoms with Gasteiger partial charge < -0.3 is 5.73 Å². The summed E-state index contributed by atoms with van der Waals surface area (Å²) >= 11 is 0. The molecule has 2 N–H and O–H groups in total. The van der Waals surface area contributed by atoms with Crippen LogP contribution < -0.4 is 5.73 Å². The SMILES string of the molecule is Cl.N#CCC1CC(N)(C#N)C1. The molecule has 4 heteroatoms. The van der Waals surface area contributed by atoms with Gasteiger partial charge in [0, 0.05) is 6.42 Å². The van der Waals surface area contributed by atoms with Gasteiger partial charge in [0.1, 0.15) is 5.54 Å². The Morgan fingerprint density at radius 2 is 2.00 bits per heavy atom. The topological polar surface area (TPSA) is 73.6 Å². The molecule has 0 aromatic rings. The molecule has 11 heavy (non-hydrogen) atoms. The third-order valence-electron chi connectivity index (χ3n) is 1.91. The second kappa shape index (κ2) is 3.57. The average molecular weight is 172 g/mol. The summed E-state index contributed by atoms with van der Waals surface area (Å²) in [5.74, 6) is 0.370. The molecule has 60 valence electrons. The van der Waals surface area contributed by atoms with Gasteiger partial charge in [0.15, 0.2) is 0 Å². The largest absolute Gasteiger partial charge is 0.313 e. The van der Waals surface area contributed by atoms with Crippen LogP contribution in [0.25, 0.3) is 0 Å². The maximum atomic E-state index is 8.47. The van der Waals surface area contributed by atoms with E-state index in [4.69, 9.17) is 16.3 Å². The Kier molecular flexibility index (Phi) is 3.32. The zero-order valence-electron chi connectivity index (χ0n) is 6.08. The second-order valence-corrected chi connectivity index (χ2v) is 2.90. The van der Waals surface area contributed by atoms with Crippen LogP contribution >= 0.6 is 12.4 Å². The van der Waals surface area contributed by atoms with Crippen molar-refractivity contribution in [1.29, 1.82) is 10.5 Å². The van der Waals surface area contributed by atoms with Crippen molar-refractivity contribution in [3.05, 3.63) is 0 Å². The lowest BCUT2D eigenvalue weighted by Gasteiger charge is -2.38. The molecule has 0 bridgehead atoms. The van der Waals surface area contributed by atoms with Crippen LogP contribution in [0.3, 0.4) is 0 Å². The van der Waals surface area contributed by atoms with E-state index >= 15 is 0 Å². The summed E-state index contributed by atoms with van der Waals surface area (Å²) in [7, 11) is 0. The predicted molar refractivity (Wildman–Crippen MR) is 42.7 cm³/mol. The summed E-state index contributed by atoms with van der Waals surface area (Å²) in [6, 6.07) is 4.10. The molecule has 0 aromatic heterocycles. The Hall–Kier alpha value is -0.770. The highest BCUT2D eigenvalue weighted by Gasteiger charge is 2.40. The highest BCUT2D eigenvalue weighted by atomic mass is 35.5. The van der Waals surface area contributed by atoms with Gasteiger partial charge in [-0.1, -0.05) is 0 Å². The van der Waals surface area contributed by atoms with E-state index in [2.05, 4.69) is 6.07 Å². The quantitative estimate of drug-likeness (QED) is 0.639. The van der Waals surface area contributed by atoms with Crippen LogP contribution in [0.1, 0.15) is 19.3 Å². The Labute approximate surface area is 72.2 Å². The first-order valence-corrected chi connectivity index (χ1v) is 3.27. The van der Waals surface area contributed by atoms with Crippen molar-refractivity contribution >= 4 is 12.4 Å². The minimum atomic E-state index is -0.610. The number of halogens is 1. The van der Waals surface area contributed by atoms with E-state index in [1.54, 1.807) is 0 Å². The van der Waals surface area contributed by atoms with Gasteiger partial charge >= 0.3 is 0 Å². The molecule has 0 aromatic carbocycles. The smallest absolute Gasteiger partial charge is 0.104 e. The molecular formula is C7H10ClN3. The highest BCUT2D eigenvalue weighted by Crippen LogP contribution is 2.36. The van der Waals surface area contributed by atoms with E-state index < -0.39 is 5.54 Å². The molecular weight excluding hydrogens is 162 g/mol. The molecule has 3 nitrogen and oxygen atoms in total. The summed E-state index contributed by atoms with van der Waals surface area (Å²) < 4.78 is 0. The van der Waals surface area contributed by atoms with Crippen LogP contribution in [0.2, 0.25) is 0 Å². The lowest BCUT2D eigenvalue weighted by molar-refractivity contribution is 0.207. The fourth-order valence-corrected chi connectivity index (χ4v) is 1.34. The Balaban J connectivity index is 0.000001000. The van der Waals surface area contributed by atoms with Crippen molar-refractivity contribution in [2.45, 2.75) is 24.8 Å². The van der Waals surface area contributed by atoms with Gasteiger partial charge in [-0.3, -0.25) is 0 Å². The van der Waals surface area contributed by atoms with Crippen LogP contribution in [-0.2, 0) is 0 Å². The van der Waals surface area contributed by atoms with E-state index in [1.165, 1.54) is 0 Å². The molecule has 0 aliphatic heterocycles. The molecule has 1 aliphatic carbocycles. The van der Waals surface area contributed by atoms with Crippen LogP contribution in [0.5, 0.6) is 0 Å². The van der Waals surface area contributed by atoms with Crippen molar-refractivity contribution in [2.24, 2.45) is 11.7 Å². The maximum absolute atomic E-state index is 8.47. The van der Waals surface area contributed by atoms with E-state index in [1.807, 2.05) is 6.07 Å². The molecule has 0 saturated heterocycles. The van der Waals surface area contributed by atoms with Crippen molar-refractivity contribution < 1.29 is 0 Å². The number of nitriles is 2. The van der Waals surface area contributed by atoms with Crippen LogP contribution in [-0.4, -0.2) is 5.54 Å². The molecule has 1 saturated carbocycles. The monoisotopic (exact) mass is 171 g/mol. The lowest BCUT2D eigenvalue weighted by atomic mass is 9.69. The minimum absolute atomic E-state index is 0. The van der Waals surface area contributed by atoms with Crippen LogP contribution in [0.4, 0.5) is 0 Å². The molecule has 0 atom stereocenters. The summed E-state index contributed by atoms with van der Waals surface area (Å²) in [5.41, 5.74) is 4.94. The normalized spacial score (nSPS) is 33.9. The summed E-state index contributed by atoms with van der Waals surface area (Å²) in [6.07, 6.45) is 1.93.